The highest BCUT2D eigenvalue weighted by atomic mass is 32.1. The van der Waals surface area contributed by atoms with Crippen molar-refractivity contribution in [3.8, 4) is 67.5 Å². The summed E-state index contributed by atoms with van der Waals surface area (Å²) in [5, 5.41) is 7.21. The van der Waals surface area contributed by atoms with Gasteiger partial charge in [-0.3, -0.25) is 0 Å². The molecule has 11 rings (SSSR count). The van der Waals surface area contributed by atoms with Gasteiger partial charge in [-0.1, -0.05) is 164 Å². The molecule has 0 fully saturated rings. The summed E-state index contributed by atoms with van der Waals surface area (Å²) in [5.74, 6) is 1.92. The van der Waals surface area contributed by atoms with Crippen molar-refractivity contribution in [1.82, 2.24) is 15.0 Å². The number of thiophene rings is 1. The Labute approximate surface area is 334 Å². The predicted octanol–water partition coefficient (Wildman–Crippen LogP) is 14.5. The largest absolute Gasteiger partial charge is 0.208 e. The van der Waals surface area contributed by atoms with Gasteiger partial charge in [0.1, 0.15) is 0 Å². The van der Waals surface area contributed by atoms with Crippen LogP contribution in [0.1, 0.15) is 0 Å². The summed E-state index contributed by atoms with van der Waals surface area (Å²) in [6.45, 7) is 0. The molecule has 2 aromatic heterocycles. The molecule has 0 bridgehead atoms. The summed E-state index contributed by atoms with van der Waals surface area (Å²) in [6.07, 6.45) is 0. The number of hydrogen-bond donors (Lipinski definition) is 0. The average Bonchev–Trinajstić information content (AvgIpc) is 3.67. The second-order valence-electron chi connectivity index (χ2n) is 14.4. The molecular weight excluding hydrogens is 711 g/mol. The first kappa shape index (κ1) is 33.1. The minimum atomic E-state index is 0.635. The topological polar surface area (TPSA) is 38.7 Å². The molecule has 2 heterocycles. The van der Waals surface area contributed by atoms with Crippen LogP contribution < -0.4 is 0 Å². The predicted molar refractivity (Wildman–Crippen MR) is 240 cm³/mol. The fraction of sp³-hybridized carbons (Fsp3) is 0. The van der Waals surface area contributed by atoms with Gasteiger partial charge in [-0.05, 0) is 91.3 Å². The summed E-state index contributed by atoms with van der Waals surface area (Å²) >= 11 is 1.81. The van der Waals surface area contributed by atoms with Gasteiger partial charge in [-0.15, -0.1) is 11.3 Å². The minimum Gasteiger partial charge on any atom is -0.208 e. The van der Waals surface area contributed by atoms with Crippen molar-refractivity contribution >= 4 is 53.1 Å². The van der Waals surface area contributed by atoms with Crippen LogP contribution in [0.5, 0.6) is 0 Å². The van der Waals surface area contributed by atoms with Crippen molar-refractivity contribution in [3.05, 3.63) is 200 Å². The monoisotopic (exact) mass is 743 g/mol. The maximum absolute atomic E-state index is 5.22. The molecule has 0 aliphatic carbocycles. The van der Waals surface area contributed by atoms with Gasteiger partial charge in [-0.2, -0.15) is 0 Å². The molecule has 4 heteroatoms. The first-order valence-corrected chi connectivity index (χ1v) is 20.0. The molecule has 266 valence electrons. The third-order valence-electron chi connectivity index (χ3n) is 10.9. The molecule has 0 unspecified atom stereocenters. The van der Waals surface area contributed by atoms with Gasteiger partial charge in [0.25, 0.3) is 0 Å². The van der Waals surface area contributed by atoms with Crippen LogP contribution >= 0.6 is 11.3 Å². The molecule has 0 N–H and O–H groups in total. The van der Waals surface area contributed by atoms with Crippen LogP contribution in [0, 0.1) is 0 Å². The summed E-state index contributed by atoms with van der Waals surface area (Å²) in [7, 11) is 0. The van der Waals surface area contributed by atoms with E-state index in [1.807, 2.05) is 11.3 Å². The first-order chi connectivity index (χ1) is 28.2. The van der Waals surface area contributed by atoms with Crippen molar-refractivity contribution in [2.75, 3.05) is 0 Å². The standard InChI is InChI=1S/C53H33N3S/c1-3-13-34(14-4-1)41-23-12-18-36-32-39(25-27-43(36)41)52-54-51(55-53(56-52)40-26-30-50-48(33-40)47-22-9-10-24-49(47)57-50)38-19-11-17-37(31-38)44-29-28-42(35-15-5-2-6-16-35)45-20-7-8-21-46(44)45/h1-33H. The number of nitrogens with zero attached hydrogens (tertiary/aromatic N) is 3. The molecule has 0 aliphatic heterocycles. The molecule has 0 spiro atoms. The Kier molecular flexibility index (Phi) is 8.01. The number of benzene rings is 9. The fourth-order valence-corrected chi connectivity index (χ4v) is 9.25. The van der Waals surface area contributed by atoms with E-state index in [1.165, 1.54) is 64.1 Å². The Bertz CT molecular complexity index is 3300. The van der Waals surface area contributed by atoms with Crippen LogP contribution in [0.2, 0.25) is 0 Å². The van der Waals surface area contributed by atoms with Crippen molar-refractivity contribution in [2.24, 2.45) is 0 Å². The van der Waals surface area contributed by atoms with Gasteiger partial charge >= 0.3 is 0 Å². The third-order valence-corrected chi connectivity index (χ3v) is 12.1. The van der Waals surface area contributed by atoms with E-state index in [-0.39, 0.29) is 0 Å². The molecule has 0 aliphatic rings. The van der Waals surface area contributed by atoms with E-state index in [4.69, 9.17) is 15.0 Å². The van der Waals surface area contributed by atoms with Gasteiger partial charge in [0, 0.05) is 36.9 Å². The lowest BCUT2D eigenvalue weighted by atomic mass is 9.91. The zero-order chi connectivity index (χ0) is 37.7. The average molecular weight is 744 g/mol. The van der Waals surface area contributed by atoms with Crippen LogP contribution in [0.25, 0.3) is 109 Å². The van der Waals surface area contributed by atoms with Crippen molar-refractivity contribution < 1.29 is 0 Å². The van der Waals surface area contributed by atoms with Crippen LogP contribution in [-0.2, 0) is 0 Å². The molecule has 0 saturated carbocycles. The summed E-state index contributed by atoms with van der Waals surface area (Å²) in [4.78, 5) is 15.6. The molecule has 11 aromatic rings. The molecular formula is C53H33N3S. The summed E-state index contributed by atoms with van der Waals surface area (Å²) < 4.78 is 2.52. The van der Waals surface area contributed by atoms with E-state index in [1.54, 1.807) is 0 Å². The fourth-order valence-electron chi connectivity index (χ4n) is 8.17. The van der Waals surface area contributed by atoms with Crippen molar-refractivity contribution in [3.63, 3.8) is 0 Å². The van der Waals surface area contributed by atoms with Gasteiger partial charge in [0.15, 0.2) is 17.5 Å². The quantitative estimate of drug-likeness (QED) is 0.170. The molecule has 3 nitrogen and oxygen atoms in total. The minimum absolute atomic E-state index is 0.635. The lowest BCUT2D eigenvalue weighted by Gasteiger charge is -2.14. The van der Waals surface area contributed by atoms with Gasteiger partial charge in [-0.25, -0.2) is 15.0 Å². The number of hydrogen-bond acceptors (Lipinski definition) is 4. The zero-order valence-corrected chi connectivity index (χ0v) is 31.6. The number of aromatic nitrogens is 3. The maximum atomic E-state index is 5.22. The molecule has 0 saturated heterocycles. The first-order valence-electron chi connectivity index (χ1n) is 19.2. The van der Waals surface area contributed by atoms with E-state index in [0.717, 1.165) is 27.6 Å². The molecule has 9 aromatic carbocycles. The van der Waals surface area contributed by atoms with Crippen molar-refractivity contribution in [1.29, 1.82) is 0 Å². The highest BCUT2D eigenvalue weighted by molar-refractivity contribution is 7.25. The Morgan fingerprint density at radius 2 is 0.754 bits per heavy atom. The lowest BCUT2D eigenvalue weighted by molar-refractivity contribution is 1.08. The van der Waals surface area contributed by atoms with Gasteiger partial charge in [0.05, 0.1) is 0 Å². The Hall–Kier alpha value is -7.27. The van der Waals surface area contributed by atoms with E-state index in [2.05, 4.69) is 200 Å². The van der Waals surface area contributed by atoms with Gasteiger partial charge in [0.2, 0.25) is 0 Å². The van der Waals surface area contributed by atoms with E-state index < -0.39 is 0 Å². The summed E-state index contributed by atoms with van der Waals surface area (Å²) in [5.41, 5.74) is 9.94. The highest BCUT2D eigenvalue weighted by Crippen LogP contribution is 2.39. The normalized spacial score (nSPS) is 11.5. The second kappa shape index (κ2) is 13.8. The lowest BCUT2D eigenvalue weighted by Crippen LogP contribution is -2.00. The molecule has 0 radical (unpaired) electrons. The van der Waals surface area contributed by atoms with Crippen LogP contribution in [-0.4, -0.2) is 15.0 Å². The Morgan fingerprint density at radius 3 is 1.46 bits per heavy atom. The third kappa shape index (κ3) is 5.95. The Morgan fingerprint density at radius 1 is 0.263 bits per heavy atom. The van der Waals surface area contributed by atoms with E-state index in [0.29, 0.717) is 17.5 Å². The molecule has 0 atom stereocenters. The van der Waals surface area contributed by atoms with Crippen LogP contribution in [0.3, 0.4) is 0 Å². The maximum Gasteiger partial charge on any atom is 0.164 e. The Balaban J connectivity index is 1.07. The molecule has 0 amide bonds. The van der Waals surface area contributed by atoms with Gasteiger partial charge < -0.3 is 0 Å². The molecule has 57 heavy (non-hydrogen) atoms. The smallest absolute Gasteiger partial charge is 0.164 e. The second-order valence-corrected chi connectivity index (χ2v) is 15.5. The number of rotatable bonds is 6. The van der Waals surface area contributed by atoms with E-state index >= 15 is 0 Å². The summed E-state index contributed by atoms with van der Waals surface area (Å²) in [6, 6.07) is 71.1. The SMILES string of the molecule is c1ccc(-c2cccc3cc(-c4nc(-c5cccc(-c6ccc(-c7ccccc7)c7ccccc67)c5)nc(-c5ccc6sc7ccccc7c6c5)n4)ccc23)cc1. The number of fused-ring (bicyclic) bond motifs is 5. The van der Waals surface area contributed by atoms with E-state index in [9.17, 15) is 0 Å². The zero-order valence-electron chi connectivity index (χ0n) is 30.8. The van der Waals surface area contributed by atoms with Crippen LogP contribution in [0.15, 0.2) is 200 Å². The van der Waals surface area contributed by atoms with Crippen LogP contribution in [0.4, 0.5) is 0 Å². The van der Waals surface area contributed by atoms with Crippen molar-refractivity contribution in [2.45, 2.75) is 0 Å². The highest BCUT2D eigenvalue weighted by Gasteiger charge is 2.17.